The Hall–Kier alpha value is -2.14. The quantitative estimate of drug-likeness (QED) is 0.665. The van der Waals surface area contributed by atoms with E-state index < -0.39 is 53.1 Å². The van der Waals surface area contributed by atoms with E-state index in [0.717, 1.165) is 14.2 Å². The maximum atomic E-state index is 12.4. The zero-order chi connectivity index (χ0) is 19.0. The lowest BCUT2D eigenvalue weighted by Gasteiger charge is -2.34. The van der Waals surface area contributed by atoms with Crippen molar-refractivity contribution in [3.8, 4) is 5.75 Å². The zero-order valence-corrected chi connectivity index (χ0v) is 14.9. The average Bonchev–Trinajstić information content (AvgIpc) is 2.52. The Morgan fingerprint density at radius 1 is 0.920 bits per heavy atom. The molecule has 0 radical (unpaired) electrons. The molecular formula is C14H16O9S2. The van der Waals surface area contributed by atoms with Crippen LogP contribution in [0.1, 0.15) is 11.5 Å². The van der Waals surface area contributed by atoms with Gasteiger partial charge in [0.05, 0.1) is 14.2 Å². The van der Waals surface area contributed by atoms with E-state index in [2.05, 4.69) is 9.47 Å². The van der Waals surface area contributed by atoms with Crippen molar-refractivity contribution >= 4 is 31.6 Å². The van der Waals surface area contributed by atoms with Gasteiger partial charge in [-0.15, -0.1) is 0 Å². The molecular weight excluding hydrogens is 376 g/mol. The molecule has 0 amide bonds. The Morgan fingerprint density at radius 2 is 1.32 bits per heavy atom. The van der Waals surface area contributed by atoms with Crippen molar-refractivity contribution in [1.82, 2.24) is 0 Å². The van der Waals surface area contributed by atoms with Crippen LogP contribution in [0.2, 0.25) is 0 Å². The highest BCUT2D eigenvalue weighted by molar-refractivity contribution is 8.10. The number of carbonyl (C=O) groups is 2. The van der Waals surface area contributed by atoms with Crippen molar-refractivity contribution in [2.75, 3.05) is 19.3 Å². The highest BCUT2D eigenvalue weighted by atomic mass is 32.3. The Labute approximate surface area is 144 Å². The van der Waals surface area contributed by atoms with Crippen LogP contribution < -0.4 is 0 Å². The number of sulfone groups is 2. The van der Waals surface area contributed by atoms with Crippen LogP contribution >= 0.6 is 0 Å². The van der Waals surface area contributed by atoms with Gasteiger partial charge in [0.1, 0.15) is 5.75 Å². The monoisotopic (exact) mass is 392 g/mol. The predicted molar refractivity (Wildman–Crippen MR) is 85.2 cm³/mol. The van der Waals surface area contributed by atoms with Crippen LogP contribution in [-0.4, -0.2) is 63.7 Å². The van der Waals surface area contributed by atoms with Crippen molar-refractivity contribution in [3.63, 3.8) is 0 Å². The van der Waals surface area contributed by atoms with Gasteiger partial charge in [-0.3, -0.25) is 9.59 Å². The second-order valence-corrected chi connectivity index (χ2v) is 10.1. The Balaban J connectivity index is 2.77. The SMILES string of the molecule is COC(=O)[C@H]1C(c2ccc(O)cc2)[C@H](C(=O)OC)S(=O)(=O)CS1(=O)=O. The lowest BCUT2D eigenvalue weighted by Crippen LogP contribution is -2.55. The normalized spacial score (nSPS) is 27.2. The molecule has 1 fully saturated rings. The molecule has 11 heteroatoms. The number of ether oxygens (including phenoxy) is 2. The topological polar surface area (TPSA) is 141 Å². The summed E-state index contributed by atoms with van der Waals surface area (Å²) in [5.74, 6) is -4.08. The number of methoxy groups -OCH3 is 2. The van der Waals surface area contributed by atoms with Gasteiger partial charge >= 0.3 is 11.9 Å². The van der Waals surface area contributed by atoms with Crippen LogP contribution in [0.4, 0.5) is 0 Å². The minimum Gasteiger partial charge on any atom is -0.508 e. The maximum absolute atomic E-state index is 12.4. The number of carbonyl (C=O) groups excluding carboxylic acids is 2. The summed E-state index contributed by atoms with van der Waals surface area (Å²) >= 11 is 0. The average molecular weight is 392 g/mol. The third-order valence-electron chi connectivity index (χ3n) is 3.90. The first-order valence-electron chi connectivity index (χ1n) is 6.93. The molecule has 1 heterocycles. The lowest BCUT2D eigenvalue weighted by atomic mass is 9.91. The predicted octanol–water partition coefficient (Wildman–Crippen LogP) is -0.640. The van der Waals surface area contributed by atoms with Crippen molar-refractivity contribution in [1.29, 1.82) is 0 Å². The number of phenolic OH excluding ortho intramolecular Hbond substituents is 1. The van der Waals surface area contributed by atoms with Gasteiger partial charge in [0.25, 0.3) is 0 Å². The van der Waals surface area contributed by atoms with Crippen LogP contribution in [0.3, 0.4) is 0 Å². The molecule has 1 aliphatic heterocycles. The second kappa shape index (κ2) is 6.64. The van der Waals surface area contributed by atoms with Crippen LogP contribution in [-0.2, 0) is 38.7 Å². The van der Waals surface area contributed by atoms with E-state index in [9.17, 15) is 31.5 Å². The fourth-order valence-electron chi connectivity index (χ4n) is 2.85. The smallest absolute Gasteiger partial charge is 0.324 e. The van der Waals surface area contributed by atoms with Crippen molar-refractivity contribution in [2.24, 2.45) is 0 Å². The molecule has 1 saturated heterocycles. The van der Waals surface area contributed by atoms with Gasteiger partial charge in [-0.25, -0.2) is 16.8 Å². The van der Waals surface area contributed by atoms with E-state index in [1.54, 1.807) is 0 Å². The lowest BCUT2D eigenvalue weighted by molar-refractivity contribution is -0.142. The van der Waals surface area contributed by atoms with E-state index in [1.807, 2.05) is 0 Å². The first-order chi connectivity index (χ1) is 11.5. The summed E-state index contributed by atoms with van der Waals surface area (Å²) in [5.41, 5.74) is 0.0652. The van der Waals surface area contributed by atoms with Crippen LogP contribution in [0.25, 0.3) is 0 Å². The van der Waals surface area contributed by atoms with Gasteiger partial charge in [0.15, 0.2) is 35.3 Å². The largest absolute Gasteiger partial charge is 0.508 e. The molecule has 25 heavy (non-hydrogen) atoms. The van der Waals surface area contributed by atoms with E-state index >= 15 is 0 Å². The van der Waals surface area contributed by atoms with Gasteiger partial charge in [0.2, 0.25) is 0 Å². The zero-order valence-electron chi connectivity index (χ0n) is 13.3. The number of hydrogen-bond donors (Lipinski definition) is 1. The summed E-state index contributed by atoms with van der Waals surface area (Å²) in [4.78, 5) is 24.2. The number of rotatable bonds is 3. The van der Waals surface area contributed by atoms with Crippen LogP contribution in [0, 0.1) is 0 Å². The van der Waals surface area contributed by atoms with E-state index in [4.69, 9.17) is 0 Å². The molecule has 2 rings (SSSR count). The Bertz CT molecular complexity index is 833. The Morgan fingerprint density at radius 3 is 1.68 bits per heavy atom. The summed E-state index contributed by atoms with van der Waals surface area (Å²) in [6, 6.07) is 4.85. The third kappa shape index (κ3) is 3.47. The molecule has 138 valence electrons. The van der Waals surface area contributed by atoms with Gasteiger partial charge in [-0.1, -0.05) is 12.1 Å². The van der Waals surface area contributed by atoms with E-state index in [0.29, 0.717) is 0 Å². The van der Waals surface area contributed by atoms with Gasteiger partial charge in [-0.2, -0.15) is 0 Å². The minimum absolute atomic E-state index is 0.0652. The number of aromatic hydroxyl groups is 1. The maximum Gasteiger partial charge on any atom is 0.324 e. The summed E-state index contributed by atoms with van der Waals surface area (Å²) in [6.45, 7) is 0. The molecule has 0 bridgehead atoms. The molecule has 0 saturated carbocycles. The number of hydrogen-bond acceptors (Lipinski definition) is 9. The fraction of sp³-hybridized carbons (Fsp3) is 0.429. The summed E-state index contributed by atoms with van der Waals surface area (Å²) < 4.78 is 58.7. The van der Waals surface area contributed by atoms with Crippen molar-refractivity contribution in [2.45, 2.75) is 16.4 Å². The highest BCUT2D eigenvalue weighted by Crippen LogP contribution is 2.39. The minimum atomic E-state index is -4.46. The molecule has 1 aromatic rings. The molecule has 1 aliphatic rings. The standard InChI is InChI=1S/C14H16O9S2/c1-22-13(16)11-10(8-3-5-9(15)6-4-8)12(14(17)23-2)25(20,21)7-24(11,18)19/h3-6,10-12,15H,7H2,1-2H3/t11-,12-/m1/s1. The fourth-order valence-corrected chi connectivity index (χ4v) is 8.25. The highest BCUT2D eigenvalue weighted by Gasteiger charge is 2.58. The first kappa shape index (κ1) is 19.2. The van der Waals surface area contributed by atoms with Crippen LogP contribution in [0.5, 0.6) is 5.75 Å². The molecule has 0 aliphatic carbocycles. The molecule has 0 spiro atoms. The Kier molecular flexibility index (Phi) is 5.09. The third-order valence-corrected chi connectivity index (χ3v) is 9.05. The van der Waals surface area contributed by atoms with Crippen LogP contribution in [0.15, 0.2) is 24.3 Å². The van der Waals surface area contributed by atoms with Gasteiger partial charge in [0, 0.05) is 5.92 Å². The number of phenols is 1. The van der Waals surface area contributed by atoms with Crippen molar-refractivity contribution in [3.05, 3.63) is 29.8 Å². The molecule has 9 nitrogen and oxygen atoms in total. The van der Waals surface area contributed by atoms with E-state index in [-0.39, 0.29) is 11.3 Å². The number of esters is 2. The molecule has 2 atom stereocenters. The molecule has 1 aromatic carbocycles. The summed E-state index contributed by atoms with van der Waals surface area (Å²) in [7, 11) is -6.99. The molecule has 1 N–H and O–H groups in total. The molecule has 0 unspecified atom stereocenters. The first-order valence-corrected chi connectivity index (χ1v) is 10.4. The van der Waals surface area contributed by atoms with Gasteiger partial charge in [-0.05, 0) is 17.7 Å². The van der Waals surface area contributed by atoms with Crippen molar-refractivity contribution < 1.29 is 41.0 Å². The summed E-state index contributed by atoms with van der Waals surface area (Å²) in [5, 5.41) is 4.23. The summed E-state index contributed by atoms with van der Waals surface area (Å²) in [6.07, 6.45) is 0. The van der Waals surface area contributed by atoms with E-state index in [1.165, 1.54) is 24.3 Å². The van der Waals surface area contributed by atoms with Gasteiger partial charge < -0.3 is 14.6 Å². The molecule has 0 aromatic heterocycles. The second-order valence-electron chi connectivity index (χ2n) is 5.45. The number of benzene rings is 1.